The van der Waals surface area contributed by atoms with Crippen LogP contribution in [0.25, 0.3) is 11.2 Å². The van der Waals surface area contributed by atoms with Crippen LogP contribution in [0.1, 0.15) is 18.8 Å². The van der Waals surface area contributed by atoms with Gasteiger partial charge in [0.15, 0.2) is 5.82 Å². The Bertz CT molecular complexity index is 1120. The number of para-hydroxylation sites is 1. The third kappa shape index (κ3) is 2.96. The fourth-order valence-electron chi connectivity index (χ4n) is 2.80. The molecule has 3 heterocycles. The molecule has 3 aromatic heterocycles. The molecule has 0 saturated heterocycles. The van der Waals surface area contributed by atoms with Crippen LogP contribution < -0.4 is 10.9 Å². The lowest BCUT2D eigenvalue weighted by Crippen LogP contribution is -2.29. The molecular formula is C18H15IN6O. The Morgan fingerprint density at radius 1 is 1.15 bits per heavy atom. The predicted octanol–water partition coefficient (Wildman–Crippen LogP) is 3.05. The SMILES string of the molecule is CC(Nc1ncncc1I)c1nn2cccc2c(=O)n1-c1ccccc1. The smallest absolute Gasteiger partial charge is 0.282 e. The van der Waals surface area contributed by atoms with Crippen molar-refractivity contribution in [2.45, 2.75) is 13.0 Å². The van der Waals surface area contributed by atoms with Gasteiger partial charge >= 0.3 is 0 Å². The number of anilines is 1. The number of halogens is 1. The molecule has 1 N–H and O–H groups in total. The molecule has 0 aliphatic rings. The van der Waals surface area contributed by atoms with Gasteiger partial charge in [-0.05, 0) is 53.8 Å². The van der Waals surface area contributed by atoms with E-state index in [0.717, 1.165) is 9.26 Å². The van der Waals surface area contributed by atoms with E-state index in [0.29, 0.717) is 17.2 Å². The average Bonchev–Trinajstić information content (AvgIpc) is 3.13. The highest BCUT2D eigenvalue weighted by Crippen LogP contribution is 2.21. The van der Waals surface area contributed by atoms with Gasteiger partial charge in [0.25, 0.3) is 5.56 Å². The van der Waals surface area contributed by atoms with Crippen LogP contribution in [0.3, 0.4) is 0 Å². The minimum absolute atomic E-state index is 0.114. The molecule has 0 fully saturated rings. The van der Waals surface area contributed by atoms with Crippen molar-refractivity contribution in [2.75, 3.05) is 5.32 Å². The van der Waals surface area contributed by atoms with Crippen molar-refractivity contribution in [2.24, 2.45) is 0 Å². The summed E-state index contributed by atoms with van der Waals surface area (Å²) in [5, 5.41) is 8.00. The number of benzene rings is 1. The summed E-state index contributed by atoms with van der Waals surface area (Å²) in [6, 6.07) is 12.8. The van der Waals surface area contributed by atoms with Gasteiger partial charge in [-0.1, -0.05) is 18.2 Å². The lowest BCUT2D eigenvalue weighted by Gasteiger charge is -2.19. The molecule has 0 saturated carbocycles. The maximum Gasteiger partial charge on any atom is 0.282 e. The van der Waals surface area contributed by atoms with Crippen molar-refractivity contribution >= 4 is 33.9 Å². The van der Waals surface area contributed by atoms with Crippen LogP contribution in [0.4, 0.5) is 5.82 Å². The zero-order chi connectivity index (χ0) is 18.1. The minimum Gasteiger partial charge on any atom is -0.359 e. The maximum absolute atomic E-state index is 13.1. The summed E-state index contributed by atoms with van der Waals surface area (Å²) in [7, 11) is 0. The second kappa shape index (κ2) is 6.87. The first-order valence-corrected chi connectivity index (χ1v) is 9.11. The average molecular weight is 458 g/mol. The van der Waals surface area contributed by atoms with Gasteiger partial charge in [0.2, 0.25) is 0 Å². The Labute approximate surface area is 162 Å². The van der Waals surface area contributed by atoms with Crippen LogP contribution in [0.15, 0.2) is 66.0 Å². The molecule has 8 heteroatoms. The van der Waals surface area contributed by atoms with Crippen molar-refractivity contribution < 1.29 is 0 Å². The van der Waals surface area contributed by atoms with Crippen molar-refractivity contribution in [3.8, 4) is 5.69 Å². The van der Waals surface area contributed by atoms with Crippen LogP contribution in [-0.4, -0.2) is 24.1 Å². The molecule has 0 bridgehead atoms. The topological polar surface area (TPSA) is 77.1 Å². The van der Waals surface area contributed by atoms with E-state index in [1.807, 2.05) is 43.3 Å². The molecule has 7 nitrogen and oxygen atoms in total. The number of fused-ring (bicyclic) bond motifs is 1. The number of nitrogens with zero attached hydrogens (tertiary/aromatic N) is 5. The zero-order valence-electron chi connectivity index (χ0n) is 13.9. The van der Waals surface area contributed by atoms with Gasteiger partial charge in [-0.2, -0.15) is 5.10 Å². The molecule has 0 aliphatic heterocycles. The molecular weight excluding hydrogens is 443 g/mol. The highest BCUT2D eigenvalue weighted by molar-refractivity contribution is 14.1. The predicted molar refractivity (Wildman–Crippen MR) is 108 cm³/mol. The Morgan fingerprint density at radius 2 is 1.96 bits per heavy atom. The van der Waals surface area contributed by atoms with E-state index >= 15 is 0 Å². The number of hydrogen-bond acceptors (Lipinski definition) is 5. The van der Waals surface area contributed by atoms with Gasteiger partial charge in [0, 0.05) is 12.4 Å². The lowest BCUT2D eigenvalue weighted by molar-refractivity contribution is 0.672. The summed E-state index contributed by atoms with van der Waals surface area (Å²) in [6.07, 6.45) is 5.00. The summed E-state index contributed by atoms with van der Waals surface area (Å²) >= 11 is 2.17. The standard InChI is InChI=1S/C18H15IN6O/c1-12(22-16-14(19)10-20-11-21-16)17-23-24-9-5-8-15(24)18(26)25(17)13-6-3-2-4-7-13/h2-12H,1H3,(H,20,21,22). The minimum atomic E-state index is -0.252. The Hall–Kier alpha value is -2.75. The van der Waals surface area contributed by atoms with Gasteiger partial charge < -0.3 is 5.32 Å². The summed E-state index contributed by atoms with van der Waals surface area (Å²) < 4.78 is 4.15. The monoisotopic (exact) mass is 458 g/mol. The number of nitrogens with one attached hydrogen (secondary N) is 1. The molecule has 0 radical (unpaired) electrons. The molecule has 1 atom stereocenters. The summed E-state index contributed by atoms with van der Waals surface area (Å²) in [4.78, 5) is 21.4. The van der Waals surface area contributed by atoms with Gasteiger partial charge in [0.1, 0.15) is 17.7 Å². The molecule has 1 unspecified atom stereocenters. The largest absolute Gasteiger partial charge is 0.359 e. The second-order valence-electron chi connectivity index (χ2n) is 5.76. The van der Waals surface area contributed by atoms with E-state index in [4.69, 9.17) is 0 Å². The molecule has 0 spiro atoms. The highest BCUT2D eigenvalue weighted by atomic mass is 127. The van der Waals surface area contributed by atoms with Crippen molar-refractivity contribution in [3.05, 3.63) is 80.9 Å². The van der Waals surface area contributed by atoms with Crippen LogP contribution in [-0.2, 0) is 0 Å². The molecule has 4 rings (SSSR count). The first kappa shape index (κ1) is 16.7. The van der Waals surface area contributed by atoms with Crippen LogP contribution in [0.2, 0.25) is 0 Å². The third-order valence-electron chi connectivity index (χ3n) is 4.01. The molecule has 130 valence electrons. The van der Waals surface area contributed by atoms with Gasteiger partial charge in [-0.3, -0.25) is 9.36 Å². The summed E-state index contributed by atoms with van der Waals surface area (Å²) in [6.45, 7) is 1.95. The van der Waals surface area contributed by atoms with Crippen LogP contribution in [0.5, 0.6) is 0 Å². The van der Waals surface area contributed by atoms with Crippen LogP contribution >= 0.6 is 22.6 Å². The van der Waals surface area contributed by atoms with E-state index in [-0.39, 0.29) is 11.6 Å². The molecule has 4 aromatic rings. The van der Waals surface area contributed by atoms with Crippen molar-refractivity contribution in [1.29, 1.82) is 0 Å². The lowest BCUT2D eigenvalue weighted by atomic mass is 10.2. The van der Waals surface area contributed by atoms with E-state index in [9.17, 15) is 4.79 Å². The second-order valence-corrected chi connectivity index (χ2v) is 6.92. The van der Waals surface area contributed by atoms with Crippen molar-refractivity contribution in [3.63, 3.8) is 0 Å². The van der Waals surface area contributed by atoms with Gasteiger partial charge in [0.05, 0.1) is 15.3 Å². The van der Waals surface area contributed by atoms with Gasteiger partial charge in [-0.15, -0.1) is 0 Å². The Balaban J connectivity index is 1.88. The van der Waals surface area contributed by atoms with E-state index in [2.05, 4.69) is 43.0 Å². The van der Waals surface area contributed by atoms with E-state index < -0.39 is 0 Å². The van der Waals surface area contributed by atoms with Crippen molar-refractivity contribution in [1.82, 2.24) is 24.1 Å². The quantitative estimate of drug-likeness (QED) is 0.476. The normalized spacial score (nSPS) is 12.2. The highest BCUT2D eigenvalue weighted by Gasteiger charge is 2.19. The number of aromatic nitrogens is 5. The summed E-state index contributed by atoms with van der Waals surface area (Å²) in [5.74, 6) is 1.30. The van der Waals surface area contributed by atoms with Gasteiger partial charge in [-0.25, -0.2) is 14.5 Å². The maximum atomic E-state index is 13.1. The molecule has 26 heavy (non-hydrogen) atoms. The van der Waals surface area contributed by atoms with E-state index in [1.54, 1.807) is 27.5 Å². The van der Waals surface area contributed by atoms with Crippen LogP contribution in [0, 0.1) is 3.57 Å². The fourth-order valence-corrected chi connectivity index (χ4v) is 3.25. The third-order valence-corrected chi connectivity index (χ3v) is 4.80. The Morgan fingerprint density at radius 3 is 2.73 bits per heavy atom. The first-order chi connectivity index (χ1) is 12.6. The first-order valence-electron chi connectivity index (χ1n) is 8.03. The molecule has 0 aliphatic carbocycles. The number of hydrogen-bond donors (Lipinski definition) is 1. The number of rotatable bonds is 4. The molecule has 1 aromatic carbocycles. The Kier molecular flexibility index (Phi) is 4.41. The molecule has 0 amide bonds. The van der Waals surface area contributed by atoms with E-state index in [1.165, 1.54) is 6.33 Å². The fraction of sp³-hybridized carbons (Fsp3) is 0.111. The summed E-state index contributed by atoms with van der Waals surface area (Å²) in [5.41, 5.74) is 1.19. The zero-order valence-corrected chi connectivity index (χ0v) is 16.0.